The summed E-state index contributed by atoms with van der Waals surface area (Å²) in [6.45, 7) is 1.28. The Bertz CT molecular complexity index is 141. The zero-order valence-corrected chi connectivity index (χ0v) is 5.81. The van der Waals surface area contributed by atoms with Gasteiger partial charge in [0.1, 0.15) is 6.17 Å². The van der Waals surface area contributed by atoms with Crippen molar-refractivity contribution < 1.29 is 4.39 Å². The average molecular weight is 142 g/mol. The molecule has 1 N–H and O–H groups in total. The highest BCUT2D eigenvalue weighted by atomic mass is 19.1. The predicted octanol–water partition coefficient (Wildman–Crippen LogP) is 0.848. The van der Waals surface area contributed by atoms with Gasteiger partial charge in [0, 0.05) is 18.9 Å². The van der Waals surface area contributed by atoms with E-state index >= 15 is 0 Å². The normalized spacial score (nSPS) is 33.2. The lowest BCUT2D eigenvalue weighted by atomic mass is 9.94. The van der Waals surface area contributed by atoms with Crippen LogP contribution in [0.15, 0.2) is 0 Å². The van der Waals surface area contributed by atoms with Gasteiger partial charge in [0.05, 0.1) is 6.07 Å². The van der Waals surface area contributed by atoms with Crippen LogP contribution in [0.2, 0.25) is 0 Å². The standard InChI is InChI=1S/C7H11FN2/c8-7-5-10-4-2-6(7)1-3-9/h6-7,10H,1-2,4-5H2/t6-,7+/m0/s1. The maximum Gasteiger partial charge on any atom is 0.116 e. The molecular weight excluding hydrogens is 131 g/mol. The first-order valence-electron chi connectivity index (χ1n) is 3.56. The van der Waals surface area contributed by atoms with E-state index in [4.69, 9.17) is 5.26 Å². The van der Waals surface area contributed by atoms with Crippen LogP contribution in [-0.2, 0) is 0 Å². The van der Waals surface area contributed by atoms with Crippen molar-refractivity contribution in [3.05, 3.63) is 0 Å². The summed E-state index contributed by atoms with van der Waals surface area (Å²) in [5.41, 5.74) is 0. The zero-order chi connectivity index (χ0) is 7.40. The number of nitrogens with zero attached hydrogens (tertiary/aromatic N) is 1. The topological polar surface area (TPSA) is 35.8 Å². The molecular formula is C7H11FN2. The van der Waals surface area contributed by atoms with Crippen molar-refractivity contribution in [3.8, 4) is 6.07 Å². The second-order valence-corrected chi connectivity index (χ2v) is 2.63. The van der Waals surface area contributed by atoms with Gasteiger partial charge >= 0.3 is 0 Å². The number of nitriles is 1. The van der Waals surface area contributed by atoms with E-state index in [0.717, 1.165) is 13.0 Å². The summed E-state index contributed by atoms with van der Waals surface area (Å²) in [6, 6.07) is 2.00. The first-order chi connectivity index (χ1) is 4.84. The molecule has 0 amide bonds. The fourth-order valence-corrected chi connectivity index (χ4v) is 1.22. The molecule has 0 spiro atoms. The fraction of sp³-hybridized carbons (Fsp3) is 0.857. The van der Waals surface area contributed by atoms with Crippen LogP contribution in [-0.4, -0.2) is 19.3 Å². The Morgan fingerprint density at radius 2 is 2.50 bits per heavy atom. The Hall–Kier alpha value is -0.620. The summed E-state index contributed by atoms with van der Waals surface area (Å²) in [6.07, 6.45) is 0.353. The minimum absolute atomic E-state index is 0.0220. The molecule has 1 heterocycles. The average Bonchev–Trinajstić information content (AvgIpc) is 1.94. The fourth-order valence-electron chi connectivity index (χ4n) is 1.22. The Morgan fingerprint density at radius 3 is 3.10 bits per heavy atom. The number of piperidine rings is 1. The van der Waals surface area contributed by atoms with E-state index in [1.165, 1.54) is 0 Å². The van der Waals surface area contributed by atoms with Crippen molar-refractivity contribution in [1.29, 1.82) is 5.26 Å². The van der Waals surface area contributed by atoms with Gasteiger partial charge in [-0.3, -0.25) is 0 Å². The van der Waals surface area contributed by atoms with Gasteiger partial charge in [-0.1, -0.05) is 0 Å². The van der Waals surface area contributed by atoms with Crippen LogP contribution >= 0.6 is 0 Å². The molecule has 2 atom stereocenters. The monoisotopic (exact) mass is 142 g/mol. The molecule has 3 heteroatoms. The maximum atomic E-state index is 12.8. The third-order valence-electron chi connectivity index (χ3n) is 1.90. The van der Waals surface area contributed by atoms with Gasteiger partial charge in [-0.05, 0) is 13.0 Å². The minimum atomic E-state index is -0.812. The smallest absolute Gasteiger partial charge is 0.116 e. The van der Waals surface area contributed by atoms with Gasteiger partial charge in [-0.2, -0.15) is 5.26 Å². The molecule has 1 aliphatic rings. The Balaban J connectivity index is 2.34. The summed E-state index contributed by atoms with van der Waals surface area (Å²) in [4.78, 5) is 0. The molecule has 0 aromatic carbocycles. The highest BCUT2D eigenvalue weighted by molar-refractivity contribution is 4.84. The molecule has 0 aliphatic carbocycles. The molecule has 1 aliphatic heterocycles. The van der Waals surface area contributed by atoms with Crippen LogP contribution in [0.25, 0.3) is 0 Å². The van der Waals surface area contributed by atoms with Crippen LogP contribution in [0.5, 0.6) is 0 Å². The van der Waals surface area contributed by atoms with E-state index < -0.39 is 6.17 Å². The van der Waals surface area contributed by atoms with Crippen LogP contribution in [0.4, 0.5) is 4.39 Å². The lowest BCUT2D eigenvalue weighted by Crippen LogP contribution is -2.37. The van der Waals surface area contributed by atoms with Crippen molar-refractivity contribution in [2.75, 3.05) is 13.1 Å². The number of halogens is 1. The molecule has 0 radical (unpaired) electrons. The quantitative estimate of drug-likeness (QED) is 0.589. The van der Waals surface area contributed by atoms with Gasteiger partial charge in [0.2, 0.25) is 0 Å². The Labute approximate surface area is 60.0 Å². The number of rotatable bonds is 1. The van der Waals surface area contributed by atoms with Crippen LogP contribution < -0.4 is 5.32 Å². The summed E-state index contributed by atoms with van der Waals surface area (Å²) in [5, 5.41) is 11.2. The number of nitrogens with one attached hydrogen (secondary N) is 1. The lowest BCUT2D eigenvalue weighted by molar-refractivity contribution is 0.183. The second-order valence-electron chi connectivity index (χ2n) is 2.63. The molecule has 1 saturated heterocycles. The van der Waals surface area contributed by atoms with Crippen LogP contribution in [0.3, 0.4) is 0 Å². The van der Waals surface area contributed by atoms with E-state index in [9.17, 15) is 4.39 Å². The molecule has 1 fully saturated rings. The zero-order valence-electron chi connectivity index (χ0n) is 5.81. The predicted molar refractivity (Wildman–Crippen MR) is 36.1 cm³/mol. The van der Waals surface area contributed by atoms with Gasteiger partial charge < -0.3 is 5.32 Å². The molecule has 0 aromatic rings. The van der Waals surface area contributed by atoms with Crippen molar-refractivity contribution >= 4 is 0 Å². The van der Waals surface area contributed by atoms with E-state index in [-0.39, 0.29) is 5.92 Å². The highest BCUT2D eigenvalue weighted by Gasteiger charge is 2.23. The molecule has 0 aromatic heterocycles. The third kappa shape index (κ3) is 1.68. The molecule has 0 unspecified atom stereocenters. The molecule has 1 rings (SSSR count). The molecule has 2 nitrogen and oxygen atoms in total. The Kier molecular flexibility index (Phi) is 2.64. The summed E-state index contributed by atoms with van der Waals surface area (Å²) in [5.74, 6) is -0.0220. The number of hydrogen-bond donors (Lipinski definition) is 1. The van der Waals surface area contributed by atoms with Gasteiger partial charge in [0.15, 0.2) is 0 Å². The van der Waals surface area contributed by atoms with E-state index in [2.05, 4.69) is 5.32 Å². The summed E-state index contributed by atoms with van der Waals surface area (Å²) in [7, 11) is 0. The van der Waals surface area contributed by atoms with Crippen molar-refractivity contribution in [3.63, 3.8) is 0 Å². The van der Waals surface area contributed by atoms with E-state index in [1.54, 1.807) is 0 Å². The van der Waals surface area contributed by atoms with Crippen LogP contribution in [0.1, 0.15) is 12.8 Å². The summed E-state index contributed by atoms with van der Waals surface area (Å²) >= 11 is 0. The molecule has 56 valence electrons. The highest BCUT2D eigenvalue weighted by Crippen LogP contribution is 2.18. The largest absolute Gasteiger partial charge is 0.314 e. The third-order valence-corrected chi connectivity index (χ3v) is 1.90. The SMILES string of the molecule is N#CC[C@H]1CCNC[C@H]1F. The van der Waals surface area contributed by atoms with Gasteiger partial charge in [0.25, 0.3) is 0 Å². The van der Waals surface area contributed by atoms with Crippen molar-refractivity contribution in [1.82, 2.24) is 5.32 Å². The van der Waals surface area contributed by atoms with Gasteiger partial charge in [-0.15, -0.1) is 0 Å². The van der Waals surface area contributed by atoms with Crippen LogP contribution in [0, 0.1) is 17.2 Å². The van der Waals surface area contributed by atoms with Crippen molar-refractivity contribution in [2.24, 2.45) is 5.92 Å². The van der Waals surface area contributed by atoms with Gasteiger partial charge in [-0.25, -0.2) is 4.39 Å². The molecule has 10 heavy (non-hydrogen) atoms. The first-order valence-corrected chi connectivity index (χ1v) is 3.56. The Morgan fingerprint density at radius 1 is 1.70 bits per heavy atom. The minimum Gasteiger partial charge on any atom is -0.314 e. The maximum absolute atomic E-state index is 12.8. The summed E-state index contributed by atoms with van der Waals surface area (Å²) < 4.78 is 12.8. The number of hydrogen-bond acceptors (Lipinski definition) is 2. The molecule has 0 saturated carbocycles. The number of alkyl halides is 1. The van der Waals surface area contributed by atoms with Crippen molar-refractivity contribution in [2.45, 2.75) is 19.0 Å². The van der Waals surface area contributed by atoms with E-state index in [0.29, 0.717) is 13.0 Å². The lowest BCUT2D eigenvalue weighted by Gasteiger charge is -2.24. The second kappa shape index (κ2) is 3.52. The van der Waals surface area contributed by atoms with E-state index in [1.807, 2.05) is 6.07 Å². The first kappa shape index (κ1) is 7.49. The molecule has 0 bridgehead atoms.